The van der Waals surface area contributed by atoms with E-state index in [0.717, 1.165) is 0 Å². The van der Waals surface area contributed by atoms with Crippen LogP contribution in [0.15, 0.2) is 34.6 Å². The molecule has 0 radical (unpaired) electrons. The van der Waals surface area contributed by atoms with Gasteiger partial charge >= 0.3 is 0 Å². The van der Waals surface area contributed by atoms with Crippen LogP contribution in [0.25, 0.3) is 0 Å². The quantitative estimate of drug-likeness (QED) is 0.404. The van der Waals surface area contributed by atoms with E-state index < -0.39 is 5.03 Å². The number of nitrogens with zero attached hydrogens (tertiary/aromatic N) is 3. The van der Waals surface area contributed by atoms with Gasteiger partial charge in [-0.3, -0.25) is 0 Å². The summed E-state index contributed by atoms with van der Waals surface area (Å²) in [5.41, 5.74) is 0.399. The molecule has 0 bridgehead atoms. The van der Waals surface area contributed by atoms with E-state index in [1.54, 1.807) is 12.1 Å². The zero-order chi connectivity index (χ0) is 8.97. The van der Waals surface area contributed by atoms with E-state index in [-0.39, 0.29) is 0 Å². The summed E-state index contributed by atoms with van der Waals surface area (Å²) >= 11 is 5.57. The standard InChI is InChI=1S/C6H4ClN3O2/c7-5-1-3-6(4-2-5)8-9-10(11)12/h1-4H. The van der Waals surface area contributed by atoms with Gasteiger partial charge in [-0.05, 0) is 24.3 Å². The van der Waals surface area contributed by atoms with Gasteiger partial charge < -0.3 is 10.1 Å². The van der Waals surface area contributed by atoms with Crippen LogP contribution in [-0.2, 0) is 0 Å². The Morgan fingerprint density at radius 1 is 1.33 bits per heavy atom. The summed E-state index contributed by atoms with van der Waals surface area (Å²) in [6.07, 6.45) is 0. The second-order valence-electron chi connectivity index (χ2n) is 1.90. The summed E-state index contributed by atoms with van der Waals surface area (Å²) < 4.78 is 0. The number of hydrogen-bond acceptors (Lipinski definition) is 3. The lowest BCUT2D eigenvalue weighted by Crippen LogP contribution is -1.80. The van der Waals surface area contributed by atoms with Gasteiger partial charge in [0.25, 0.3) is 0 Å². The first-order valence-corrected chi connectivity index (χ1v) is 3.38. The average Bonchev–Trinajstić information content (AvgIpc) is 2.03. The summed E-state index contributed by atoms with van der Waals surface area (Å²) in [5, 5.41) is 15.5. The Hall–Kier alpha value is -1.49. The number of rotatable bonds is 2. The highest BCUT2D eigenvalue weighted by Gasteiger charge is 1.96. The van der Waals surface area contributed by atoms with Crippen molar-refractivity contribution in [2.24, 2.45) is 10.3 Å². The minimum Gasteiger partial charge on any atom is -0.337 e. The molecule has 0 N–H and O–H groups in total. The largest absolute Gasteiger partial charge is 0.337 e. The predicted molar refractivity (Wildman–Crippen MR) is 43.0 cm³/mol. The van der Waals surface area contributed by atoms with E-state index in [0.29, 0.717) is 10.7 Å². The van der Waals surface area contributed by atoms with Crippen LogP contribution in [0.5, 0.6) is 0 Å². The molecule has 0 aliphatic heterocycles. The third kappa shape index (κ3) is 2.63. The summed E-state index contributed by atoms with van der Waals surface area (Å²) in [7, 11) is 0. The van der Waals surface area contributed by atoms with Crippen LogP contribution in [-0.4, -0.2) is 5.03 Å². The highest BCUT2D eigenvalue weighted by Crippen LogP contribution is 2.16. The molecule has 1 rings (SSSR count). The molecule has 0 aliphatic carbocycles. The third-order valence-electron chi connectivity index (χ3n) is 1.06. The summed E-state index contributed by atoms with van der Waals surface area (Å²) in [6, 6.07) is 6.23. The van der Waals surface area contributed by atoms with Gasteiger partial charge in [0.05, 0.1) is 10.1 Å². The Morgan fingerprint density at radius 3 is 2.42 bits per heavy atom. The Morgan fingerprint density at radius 2 is 1.92 bits per heavy atom. The number of nitro groups is 1. The second-order valence-corrected chi connectivity index (χ2v) is 2.34. The maximum Gasteiger partial charge on any atom is 0.203 e. The minimum absolute atomic E-state index is 0.399. The monoisotopic (exact) mass is 185 g/mol. The summed E-state index contributed by atoms with van der Waals surface area (Å²) in [4.78, 5) is 9.76. The first kappa shape index (κ1) is 8.61. The van der Waals surface area contributed by atoms with Crippen LogP contribution < -0.4 is 0 Å². The SMILES string of the molecule is O=[N+]([O-])N=Nc1ccc(Cl)cc1. The van der Waals surface area contributed by atoms with Crippen LogP contribution in [0, 0.1) is 10.1 Å². The molecule has 0 unspecified atom stereocenters. The van der Waals surface area contributed by atoms with Crippen molar-refractivity contribution >= 4 is 17.3 Å². The van der Waals surface area contributed by atoms with Gasteiger partial charge in [0.2, 0.25) is 5.69 Å². The molecule has 1 aromatic rings. The minimum atomic E-state index is -0.866. The van der Waals surface area contributed by atoms with Gasteiger partial charge in [-0.2, -0.15) is 0 Å². The van der Waals surface area contributed by atoms with E-state index in [1.807, 2.05) is 0 Å². The fraction of sp³-hybridized carbons (Fsp3) is 0. The van der Waals surface area contributed by atoms with Crippen molar-refractivity contribution in [3.63, 3.8) is 0 Å². The molecule has 1 aromatic carbocycles. The van der Waals surface area contributed by atoms with Gasteiger partial charge in [0, 0.05) is 5.02 Å². The highest BCUT2D eigenvalue weighted by molar-refractivity contribution is 6.30. The molecule has 0 saturated carbocycles. The van der Waals surface area contributed by atoms with Crippen molar-refractivity contribution < 1.29 is 5.03 Å². The Balaban J connectivity index is 2.77. The molecule has 0 atom stereocenters. The first-order valence-electron chi connectivity index (χ1n) is 3.00. The Kier molecular flexibility index (Phi) is 2.71. The van der Waals surface area contributed by atoms with Crippen molar-refractivity contribution in [3.05, 3.63) is 39.4 Å². The van der Waals surface area contributed by atoms with Crippen molar-refractivity contribution in [1.29, 1.82) is 0 Å². The first-order chi connectivity index (χ1) is 5.68. The topological polar surface area (TPSA) is 67.9 Å². The van der Waals surface area contributed by atoms with E-state index in [4.69, 9.17) is 11.6 Å². The molecule has 5 nitrogen and oxygen atoms in total. The van der Waals surface area contributed by atoms with Gasteiger partial charge in [-0.25, -0.2) is 0 Å². The Bertz CT molecular complexity index is 309. The van der Waals surface area contributed by atoms with Crippen LogP contribution >= 0.6 is 11.6 Å². The van der Waals surface area contributed by atoms with Gasteiger partial charge in [-0.1, -0.05) is 11.6 Å². The van der Waals surface area contributed by atoms with E-state index >= 15 is 0 Å². The average molecular weight is 186 g/mol. The maximum atomic E-state index is 9.76. The smallest absolute Gasteiger partial charge is 0.203 e. The third-order valence-corrected chi connectivity index (χ3v) is 1.31. The zero-order valence-corrected chi connectivity index (χ0v) is 6.60. The molecule has 0 aliphatic rings. The lowest BCUT2D eigenvalue weighted by Gasteiger charge is -1.84. The molecule has 0 saturated heterocycles. The van der Waals surface area contributed by atoms with Crippen molar-refractivity contribution in [1.82, 2.24) is 0 Å². The molecular formula is C6H4ClN3O2. The van der Waals surface area contributed by atoms with Crippen LogP contribution in [0.2, 0.25) is 5.02 Å². The Labute approximate surface area is 72.8 Å². The number of hydrogen-bond donors (Lipinski definition) is 0. The van der Waals surface area contributed by atoms with Gasteiger partial charge in [0.15, 0.2) is 5.22 Å². The van der Waals surface area contributed by atoms with E-state index in [9.17, 15) is 10.1 Å². The highest BCUT2D eigenvalue weighted by atomic mass is 35.5. The molecular weight excluding hydrogens is 182 g/mol. The van der Waals surface area contributed by atoms with Crippen molar-refractivity contribution in [3.8, 4) is 0 Å². The second kappa shape index (κ2) is 3.77. The fourth-order valence-corrected chi connectivity index (χ4v) is 0.722. The zero-order valence-electron chi connectivity index (χ0n) is 5.85. The van der Waals surface area contributed by atoms with Crippen LogP contribution in [0.1, 0.15) is 0 Å². The molecule has 0 heterocycles. The number of benzene rings is 1. The van der Waals surface area contributed by atoms with E-state index in [1.165, 1.54) is 12.1 Å². The summed E-state index contributed by atoms with van der Waals surface area (Å²) in [6.45, 7) is 0. The van der Waals surface area contributed by atoms with Crippen LogP contribution in [0.3, 0.4) is 0 Å². The van der Waals surface area contributed by atoms with Crippen molar-refractivity contribution in [2.75, 3.05) is 0 Å². The normalized spacial score (nSPS) is 10.4. The lowest BCUT2D eigenvalue weighted by atomic mass is 10.3. The van der Waals surface area contributed by atoms with E-state index in [2.05, 4.69) is 10.3 Å². The van der Waals surface area contributed by atoms with Crippen LogP contribution in [0.4, 0.5) is 5.69 Å². The maximum absolute atomic E-state index is 9.76. The molecule has 6 heteroatoms. The summed E-state index contributed by atoms with van der Waals surface area (Å²) in [5.74, 6) is 0. The molecule has 0 amide bonds. The predicted octanol–water partition coefficient (Wildman–Crippen LogP) is 2.62. The van der Waals surface area contributed by atoms with Gasteiger partial charge in [0.1, 0.15) is 0 Å². The fourth-order valence-electron chi connectivity index (χ4n) is 0.596. The van der Waals surface area contributed by atoms with Crippen molar-refractivity contribution in [2.45, 2.75) is 0 Å². The number of halogens is 1. The van der Waals surface area contributed by atoms with Gasteiger partial charge in [-0.15, -0.1) is 0 Å². The lowest BCUT2D eigenvalue weighted by molar-refractivity contribution is -0.493. The molecule has 0 spiro atoms. The molecule has 12 heavy (non-hydrogen) atoms. The molecule has 62 valence electrons. The molecule has 0 fully saturated rings. The molecule has 0 aromatic heterocycles.